The third-order valence-electron chi connectivity index (χ3n) is 4.89. The summed E-state index contributed by atoms with van der Waals surface area (Å²) >= 11 is 0. The number of nitrogens with zero attached hydrogens (tertiary/aromatic N) is 1. The Morgan fingerprint density at radius 3 is 2.32 bits per heavy atom. The zero-order valence-electron chi connectivity index (χ0n) is 17.3. The highest BCUT2D eigenvalue weighted by molar-refractivity contribution is 6.88. The second-order valence-corrected chi connectivity index (χ2v) is 13.9. The van der Waals surface area contributed by atoms with Gasteiger partial charge in [0, 0.05) is 16.8 Å². The van der Waals surface area contributed by atoms with Crippen LogP contribution in [0, 0.1) is 5.92 Å². The number of hydrogen-bond acceptors (Lipinski definition) is 0. The molecule has 1 nitrogen and oxygen atoms in total. The second kappa shape index (κ2) is 8.31. The van der Waals surface area contributed by atoms with Crippen LogP contribution < -0.4 is 9.75 Å². The molecule has 2 heteroatoms. The first kappa shape index (κ1) is 19.9. The van der Waals surface area contributed by atoms with Gasteiger partial charge in [0.1, 0.15) is 7.05 Å². The highest BCUT2D eigenvalue weighted by Crippen LogP contribution is 2.24. The van der Waals surface area contributed by atoms with Crippen molar-refractivity contribution in [3.05, 3.63) is 47.7 Å². The summed E-state index contributed by atoms with van der Waals surface area (Å²) in [7, 11) is 0.862. The first-order valence-electron chi connectivity index (χ1n) is 9.85. The van der Waals surface area contributed by atoms with Crippen molar-refractivity contribution < 1.29 is 4.57 Å². The van der Waals surface area contributed by atoms with Crippen LogP contribution in [0.15, 0.2) is 36.5 Å². The Balaban J connectivity index is 2.59. The maximum absolute atomic E-state index is 2.48. The molecule has 0 aliphatic heterocycles. The Labute approximate surface area is 156 Å². The van der Waals surface area contributed by atoms with Crippen molar-refractivity contribution >= 4 is 13.3 Å². The fourth-order valence-corrected chi connectivity index (χ4v) is 5.32. The predicted octanol–water partition coefficient (Wildman–Crippen LogP) is 5.26. The fourth-order valence-electron chi connectivity index (χ4n) is 3.60. The molecule has 1 heterocycles. The molecule has 0 fully saturated rings. The van der Waals surface area contributed by atoms with Crippen LogP contribution in [0.25, 0.3) is 11.3 Å². The van der Waals surface area contributed by atoms with E-state index in [0.29, 0.717) is 5.92 Å². The zero-order valence-corrected chi connectivity index (χ0v) is 18.3. The summed E-state index contributed by atoms with van der Waals surface area (Å²) in [4.78, 5) is 0. The molecule has 0 atom stereocenters. The lowest BCUT2D eigenvalue weighted by molar-refractivity contribution is -0.659. The molecule has 0 N–H and O–H groups in total. The minimum Gasteiger partial charge on any atom is -0.201 e. The van der Waals surface area contributed by atoms with Crippen molar-refractivity contribution in [1.29, 1.82) is 0 Å². The number of benzene rings is 1. The molecule has 136 valence electrons. The number of aryl methyl sites for hydroxylation is 2. The van der Waals surface area contributed by atoms with Crippen LogP contribution in [-0.2, 0) is 19.9 Å². The van der Waals surface area contributed by atoms with E-state index in [0.717, 1.165) is 0 Å². The van der Waals surface area contributed by atoms with Gasteiger partial charge in [-0.1, -0.05) is 65.0 Å². The van der Waals surface area contributed by atoms with Crippen molar-refractivity contribution in [3.8, 4) is 11.3 Å². The molecule has 0 aliphatic carbocycles. The van der Waals surface area contributed by atoms with Crippen LogP contribution in [-0.4, -0.2) is 8.07 Å². The fraction of sp³-hybridized carbons (Fsp3) is 0.522. The van der Waals surface area contributed by atoms with E-state index < -0.39 is 8.07 Å². The van der Waals surface area contributed by atoms with Gasteiger partial charge < -0.3 is 0 Å². The minimum absolute atomic E-state index is 0.686. The second-order valence-electron chi connectivity index (χ2n) is 8.82. The molecule has 0 bridgehead atoms. The molecule has 0 spiro atoms. The molecule has 1 aromatic heterocycles. The van der Waals surface area contributed by atoms with E-state index in [1.807, 2.05) is 0 Å². The monoisotopic (exact) mass is 354 g/mol. The lowest BCUT2D eigenvalue weighted by atomic mass is 9.96. The molecular formula is C23H36NSi+. The molecule has 25 heavy (non-hydrogen) atoms. The summed E-state index contributed by atoms with van der Waals surface area (Å²) in [6, 6.07) is 11.4. The molecule has 0 amide bonds. The Kier molecular flexibility index (Phi) is 6.62. The van der Waals surface area contributed by atoms with Crippen LogP contribution in [0.1, 0.15) is 44.7 Å². The molecule has 0 saturated heterocycles. The molecule has 2 aromatic rings. The van der Waals surface area contributed by atoms with Crippen LogP contribution in [0.4, 0.5) is 0 Å². The quantitative estimate of drug-likeness (QED) is 0.471. The van der Waals surface area contributed by atoms with Crippen LogP contribution in [0.3, 0.4) is 0 Å². The van der Waals surface area contributed by atoms with Crippen LogP contribution in [0.2, 0.25) is 19.6 Å². The molecule has 2 rings (SSSR count). The van der Waals surface area contributed by atoms with Gasteiger partial charge in [-0.3, -0.25) is 0 Å². The van der Waals surface area contributed by atoms with E-state index in [9.17, 15) is 0 Å². The molecular weight excluding hydrogens is 318 g/mol. The smallest absolute Gasteiger partial charge is 0.201 e. The summed E-state index contributed by atoms with van der Waals surface area (Å²) < 4.78 is 2.36. The topological polar surface area (TPSA) is 3.88 Å². The number of hydrogen-bond donors (Lipinski definition) is 0. The van der Waals surface area contributed by atoms with Gasteiger partial charge in [-0.15, -0.1) is 0 Å². The first-order valence-corrected chi connectivity index (χ1v) is 13.3. The molecule has 0 radical (unpaired) electrons. The van der Waals surface area contributed by atoms with Gasteiger partial charge in [-0.25, -0.2) is 4.57 Å². The number of aromatic nitrogens is 1. The normalized spacial score (nSPS) is 12.0. The van der Waals surface area contributed by atoms with Gasteiger partial charge in [-0.05, 0) is 42.4 Å². The van der Waals surface area contributed by atoms with Gasteiger partial charge in [0.15, 0.2) is 6.20 Å². The van der Waals surface area contributed by atoms with Gasteiger partial charge in [0.2, 0.25) is 5.69 Å². The summed E-state index contributed by atoms with van der Waals surface area (Å²) in [5, 5.41) is 1.61. The number of rotatable bonds is 7. The van der Waals surface area contributed by atoms with Crippen molar-refractivity contribution in [3.63, 3.8) is 0 Å². The van der Waals surface area contributed by atoms with Gasteiger partial charge in [0.05, 0.1) is 8.07 Å². The SMILES string of the molecule is CCCCc1ccccc1-c1cc(CC(C)C)c([Si](C)(C)C)c[n+]1C. The van der Waals surface area contributed by atoms with Crippen molar-refractivity contribution in [2.75, 3.05) is 0 Å². The summed E-state index contributed by atoms with van der Waals surface area (Å²) in [5.41, 5.74) is 5.82. The minimum atomic E-state index is -1.36. The van der Waals surface area contributed by atoms with Crippen molar-refractivity contribution in [2.24, 2.45) is 13.0 Å². The third kappa shape index (κ3) is 5.04. The Bertz CT molecular complexity index is 711. The Morgan fingerprint density at radius 1 is 1.04 bits per heavy atom. The van der Waals surface area contributed by atoms with E-state index >= 15 is 0 Å². The van der Waals surface area contributed by atoms with Crippen LogP contribution >= 0.6 is 0 Å². The molecule has 1 aromatic carbocycles. The Hall–Kier alpha value is -1.41. The van der Waals surface area contributed by atoms with Gasteiger partial charge in [0.25, 0.3) is 0 Å². The highest BCUT2D eigenvalue weighted by atomic mass is 28.3. The maximum atomic E-state index is 2.48. The predicted molar refractivity (Wildman–Crippen MR) is 113 cm³/mol. The first-order chi connectivity index (χ1) is 11.7. The largest absolute Gasteiger partial charge is 0.212 e. The summed E-state index contributed by atoms with van der Waals surface area (Å²) in [5.74, 6) is 0.686. The summed E-state index contributed by atoms with van der Waals surface area (Å²) in [6.07, 6.45) is 7.27. The Morgan fingerprint density at radius 2 is 1.72 bits per heavy atom. The van der Waals surface area contributed by atoms with Crippen LogP contribution in [0.5, 0.6) is 0 Å². The van der Waals surface area contributed by atoms with E-state index in [-0.39, 0.29) is 0 Å². The third-order valence-corrected chi connectivity index (χ3v) is 6.96. The molecule has 0 saturated carbocycles. The lowest BCUT2D eigenvalue weighted by Gasteiger charge is -2.21. The lowest BCUT2D eigenvalue weighted by Crippen LogP contribution is -2.47. The standard InChI is InChI=1S/C23H36NSi/c1-8-9-12-19-13-10-11-14-21(19)22-16-20(15-18(2)3)23(17-24(22)4)25(5,6)7/h10-11,13-14,16-18H,8-9,12,15H2,1-7H3/q+1. The maximum Gasteiger partial charge on any atom is 0.212 e. The van der Waals surface area contributed by atoms with E-state index in [2.05, 4.69) is 88.6 Å². The van der Waals surface area contributed by atoms with E-state index in [4.69, 9.17) is 0 Å². The molecule has 0 unspecified atom stereocenters. The van der Waals surface area contributed by atoms with E-state index in [1.165, 1.54) is 42.5 Å². The van der Waals surface area contributed by atoms with Crippen molar-refractivity contribution in [1.82, 2.24) is 0 Å². The van der Waals surface area contributed by atoms with Gasteiger partial charge in [-0.2, -0.15) is 0 Å². The van der Waals surface area contributed by atoms with Crippen molar-refractivity contribution in [2.45, 2.75) is 66.1 Å². The zero-order chi connectivity index (χ0) is 18.6. The highest BCUT2D eigenvalue weighted by Gasteiger charge is 2.26. The average molecular weight is 355 g/mol. The van der Waals surface area contributed by atoms with E-state index in [1.54, 1.807) is 10.8 Å². The number of pyridine rings is 1. The average Bonchev–Trinajstić information content (AvgIpc) is 2.53. The van der Waals surface area contributed by atoms with Gasteiger partial charge >= 0.3 is 0 Å². The molecule has 0 aliphatic rings. The number of unbranched alkanes of at least 4 members (excludes halogenated alkanes) is 1. The summed E-state index contributed by atoms with van der Waals surface area (Å²) in [6.45, 7) is 14.3.